The quantitative estimate of drug-likeness (QED) is 0.370. The van der Waals surface area contributed by atoms with Crippen molar-refractivity contribution in [1.29, 1.82) is 5.26 Å². The van der Waals surface area contributed by atoms with Gasteiger partial charge in [0.25, 0.3) is 0 Å². The fourth-order valence-electron chi connectivity index (χ4n) is 5.62. The molecular weight excluding hydrogens is 530 g/mol. The average molecular weight is 565 g/mol. The van der Waals surface area contributed by atoms with Crippen molar-refractivity contribution in [1.82, 2.24) is 14.9 Å². The van der Waals surface area contributed by atoms with Crippen molar-refractivity contribution in [3.63, 3.8) is 0 Å². The highest BCUT2D eigenvalue weighted by Crippen LogP contribution is 2.47. The minimum absolute atomic E-state index is 0.0399. The van der Waals surface area contributed by atoms with Crippen LogP contribution in [0, 0.1) is 17.1 Å². The molecule has 40 heavy (non-hydrogen) atoms. The van der Waals surface area contributed by atoms with Crippen LogP contribution in [0.4, 0.5) is 19.7 Å². The summed E-state index contributed by atoms with van der Waals surface area (Å²) in [5, 5.41) is 10.9. The maximum Gasteiger partial charge on any atom is 0.226 e. The molecule has 1 fully saturated rings. The lowest BCUT2D eigenvalue weighted by Gasteiger charge is -2.32. The number of nitrogens with two attached hydrogens (primary N) is 1. The molecule has 1 unspecified atom stereocenters. The number of ether oxygens (including phenoxy) is 1. The van der Waals surface area contributed by atoms with Gasteiger partial charge in [0, 0.05) is 41.3 Å². The number of nitrogens with zero attached hydrogens (tertiary/aromatic N) is 5. The first kappa shape index (κ1) is 28.1. The number of benzene rings is 1. The van der Waals surface area contributed by atoms with Crippen LogP contribution in [0.15, 0.2) is 17.8 Å². The van der Waals surface area contributed by atoms with E-state index in [9.17, 15) is 5.26 Å². The largest absolute Gasteiger partial charge is 0.389 e. The van der Waals surface area contributed by atoms with Gasteiger partial charge in [0.2, 0.25) is 5.95 Å². The van der Waals surface area contributed by atoms with Crippen molar-refractivity contribution < 1.29 is 13.5 Å². The lowest BCUT2D eigenvalue weighted by atomic mass is 9.85. The fourth-order valence-corrected chi connectivity index (χ4v) is 6.62. The number of likely N-dealkylation sites (N-methyl/N-ethyl adjacent to an activating group) is 1. The molecule has 3 aromatic rings. The van der Waals surface area contributed by atoms with E-state index in [1.165, 1.54) is 6.08 Å². The Labute approximate surface area is 237 Å². The van der Waals surface area contributed by atoms with Gasteiger partial charge in [-0.1, -0.05) is 18.6 Å². The van der Waals surface area contributed by atoms with E-state index < -0.39 is 11.6 Å². The van der Waals surface area contributed by atoms with E-state index in [-0.39, 0.29) is 39.7 Å². The Hall–Kier alpha value is -3.39. The van der Waals surface area contributed by atoms with Crippen molar-refractivity contribution in [3.8, 4) is 6.07 Å². The number of nitrogen functional groups attached to an aromatic ring is 1. The Bertz CT molecular complexity index is 1620. The molecule has 0 bridgehead atoms. The second kappa shape index (κ2) is 10.5. The molecule has 1 saturated heterocycles. The highest BCUT2D eigenvalue weighted by atomic mass is 32.1. The van der Waals surface area contributed by atoms with Crippen LogP contribution in [0.2, 0.25) is 0 Å². The van der Waals surface area contributed by atoms with Gasteiger partial charge in [-0.3, -0.25) is 0 Å². The highest BCUT2D eigenvalue weighted by Gasteiger charge is 2.37. The average Bonchev–Trinajstić information content (AvgIpc) is 3.67. The molecule has 0 aliphatic carbocycles. The number of hydrogen-bond donors (Lipinski definition) is 1. The third kappa shape index (κ3) is 4.37. The molecule has 2 aromatic heterocycles. The van der Waals surface area contributed by atoms with Gasteiger partial charge in [-0.25, -0.2) is 18.7 Å². The molecule has 5 rings (SSSR count). The minimum atomic E-state index is -0.527. The number of allylic oxidation sites excluding steroid dienone is 2. The molecule has 1 atom stereocenters. The third-order valence-electron chi connectivity index (χ3n) is 8.48. The SMILES string of the molecule is C/C=C(/F)c1sc(N)c(C#N)c1/C(=C(\C)CC)c1c2c(c3cnc(N4CCC(C)(N(C)C)C4)nc3c1F)COC2. The number of anilines is 2. The lowest BCUT2D eigenvalue weighted by Crippen LogP contribution is -2.43. The van der Waals surface area contributed by atoms with Crippen LogP contribution in [-0.2, 0) is 18.0 Å². The molecule has 0 amide bonds. The van der Waals surface area contributed by atoms with Gasteiger partial charge in [0.05, 0.1) is 23.7 Å². The summed E-state index contributed by atoms with van der Waals surface area (Å²) in [4.78, 5) is 13.9. The Morgan fingerprint density at radius 2 is 2.05 bits per heavy atom. The van der Waals surface area contributed by atoms with E-state index >= 15 is 8.78 Å². The first-order valence-electron chi connectivity index (χ1n) is 13.4. The fraction of sp³-hybridized carbons (Fsp3) is 0.433. The van der Waals surface area contributed by atoms with Gasteiger partial charge in [0.15, 0.2) is 5.82 Å². The Balaban J connectivity index is 1.79. The predicted molar refractivity (Wildman–Crippen MR) is 157 cm³/mol. The normalized spacial score (nSPS) is 19.9. The molecule has 0 radical (unpaired) electrons. The highest BCUT2D eigenvalue weighted by molar-refractivity contribution is 7.17. The number of aromatic nitrogens is 2. The van der Waals surface area contributed by atoms with Crippen LogP contribution < -0.4 is 10.6 Å². The van der Waals surface area contributed by atoms with Crippen LogP contribution in [0.1, 0.15) is 73.2 Å². The van der Waals surface area contributed by atoms with Crippen LogP contribution >= 0.6 is 11.3 Å². The number of rotatable bonds is 6. The van der Waals surface area contributed by atoms with Crippen molar-refractivity contribution in [2.75, 3.05) is 37.8 Å². The maximum atomic E-state index is 16.9. The van der Waals surface area contributed by atoms with Gasteiger partial charge in [-0.05, 0) is 64.4 Å². The standard InChI is InChI=1S/C30H34F2N6OS/c1-7-16(3)22(24-17(11-33)28(34)40-27(24)21(31)8-2)23-20-14-39-13-19(20)18-12-35-29(36-26(18)25(23)32)38-10-9-30(4,15-38)37(5)6/h8,12H,7,9-10,13-15,34H2,1-6H3/b21-8+,22-16+. The second-order valence-electron chi connectivity index (χ2n) is 10.9. The summed E-state index contributed by atoms with van der Waals surface area (Å²) < 4.78 is 38.0. The third-order valence-corrected chi connectivity index (χ3v) is 9.50. The summed E-state index contributed by atoms with van der Waals surface area (Å²) in [6.07, 6.45) is 4.52. The predicted octanol–water partition coefficient (Wildman–Crippen LogP) is 6.41. The Morgan fingerprint density at radius 3 is 2.67 bits per heavy atom. The molecule has 210 valence electrons. The minimum Gasteiger partial charge on any atom is -0.389 e. The molecule has 7 nitrogen and oxygen atoms in total. The zero-order valence-electron chi connectivity index (χ0n) is 23.8. The topological polar surface area (TPSA) is 91.3 Å². The van der Waals surface area contributed by atoms with Crippen molar-refractivity contribution >= 4 is 44.6 Å². The van der Waals surface area contributed by atoms with E-state index in [2.05, 4.69) is 41.9 Å². The van der Waals surface area contributed by atoms with E-state index in [4.69, 9.17) is 15.5 Å². The van der Waals surface area contributed by atoms with Gasteiger partial charge >= 0.3 is 0 Å². The summed E-state index contributed by atoms with van der Waals surface area (Å²) >= 11 is 1.00. The summed E-state index contributed by atoms with van der Waals surface area (Å²) in [6.45, 7) is 9.57. The van der Waals surface area contributed by atoms with E-state index in [1.54, 1.807) is 13.1 Å². The zero-order valence-corrected chi connectivity index (χ0v) is 24.6. The van der Waals surface area contributed by atoms with Crippen LogP contribution in [0.5, 0.6) is 0 Å². The number of hydrogen-bond acceptors (Lipinski definition) is 8. The van der Waals surface area contributed by atoms with Crippen LogP contribution in [0.3, 0.4) is 0 Å². The molecule has 2 aliphatic rings. The molecule has 0 spiro atoms. The molecule has 4 heterocycles. The molecular formula is C30H34F2N6OS. The summed E-state index contributed by atoms with van der Waals surface area (Å²) in [5.74, 6) is -0.565. The maximum absolute atomic E-state index is 16.9. The van der Waals surface area contributed by atoms with Gasteiger partial charge < -0.3 is 20.3 Å². The summed E-state index contributed by atoms with van der Waals surface area (Å²) in [7, 11) is 4.11. The second-order valence-corrected chi connectivity index (χ2v) is 12.0. The number of fused-ring (bicyclic) bond motifs is 3. The molecule has 2 aliphatic heterocycles. The van der Waals surface area contributed by atoms with E-state index in [0.717, 1.165) is 42.0 Å². The van der Waals surface area contributed by atoms with Crippen molar-refractivity contribution in [2.45, 2.75) is 59.3 Å². The van der Waals surface area contributed by atoms with Gasteiger partial charge in [-0.2, -0.15) is 5.26 Å². The monoisotopic (exact) mass is 564 g/mol. The number of thiophene rings is 1. The Kier molecular flexibility index (Phi) is 7.42. The Morgan fingerprint density at radius 1 is 1.32 bits per heavy atom. The van der Waals surface area contributed by atoms with Crippen molar-refractivity contribution in [3.05, 3.63) is 56.4 Å². The zero-order chi connectivity index (χ0) is 28.9. The van der Waals surface area contributed by atoms with E-state index in [1.807, 2.05) is 13.8 Å². The van der Waals surface area contributed by atoms with Gasteiger partial charge in [0.1, 0.15) is 22.4 Å². The lowest BCUT2D eigenvalue weighted by molar-refractivity contribution is 0.134. The van der Waals surface area contributed by atoms with Crippen molar-refractivity contribution in [2.24, 2.45) is 0 Å². The molecule has 0 saturated carbocycles. The molecule has 2 N–H and O–H groups in total. The smallest absolute Gasteiger partial charge is 0.226 e. The number of nitriles is 1. The molecule has 10 heteroatoms. The van der Waals surface area contributed by atoms with E-state index in [0.29, 0.717) is 40.0 Å². The number of halogens is 2. The summed E-state index contributed by atoms with van der Waals surface area (Å²) in [5.41, 5.74) is 9.89. The summed E-state index contributed by atoms with van der Waals surface area (Å²) in [6, 6.07) is 2.15. The van der Waals surface area contributed by atoms with Gasteiger partial charge in [-0.15, -0.1) is 11.3 Å². The van der Waals surface area contributed by atoms with Crippen LogP contribution in [0.25, 0.3) is 22.3 Å². The molecule has 1 aromatic carbocycles. The van der Waals surface area contributed by atoms with Crippen LogP contribution in [-0.4, -0.2) is 47.6 Å². The first-order chi connectivity index (χ1) is 19.1. The first-order valence-corrected chi connectivity index (χ1v) is 14.2.